The number of para-hydroxylation sites is 1. The van der Waals surface area contributed by atoms with E-state index in [1.54, 1.807) is 18.9 Å². The maximum Gasteiger partial charge on any atom is 0.275 e. The molecule has 0 saturated carbocycles. The molecule has 3 heterocycles. The number of rotatable bonds is 6. The number of hydrogen-bond donors (Lipinski definition) is 2. The quantitative estimate of drug-likeness (QED) is 0.464. The Morgan fingerprint density at radius 1 is 1.06 bits per heavy atom. The smallest absolute Gasteiger partial charge is 0.275 e. The number of nitrogens with one attached hydrogen (secondary N) is 1. The monoisotopic (exact) mass is 455 g/mol. The third-order valence-corrected chi connectivity index (χ3v) is 6.06. The average molecular weight is 456 g/mol. The number of amides is 1. The summed E-state index contributed by atoms with van der Waals surface area (Å²) >= 11 is 0. The molecule has 2 aromatic carbocycles. The summed E-state index contributed by atoms with van der Waals surface area (Å²) < 4.78 is 3.81. The van der Waals surface area contributed by atoms with Crippen LogP contribution >= 0.6 is 0 Å². The first-order valence-electron chi connectivity index (χ1n) is 11.6. The first kappa shape index (κ1) is 22.1. The molecule has 1 amide bonds. The fourth-order valence-electron chi connectivity index (χ4n) is 4.42. The number of hydrogen-bond acceptors (Lipinski definition) is 5. The summed E-state index contributed by atoms with van der Waals surface area (Å²) in [6.07, 6.45) is 9.34. The predicted molar refractivity (Wildman–Crippen MR) is 132 cm³/mol. The van der Waals surface area contributed by atoms with Crippen LogP contribution in [0.25, 0.3) is 11.4 Å². The van der Waals surface area contributed by atoms with Crippen molar-refractivity contribution in [2.45, 2.75) is 32.4 Å². The van der Waals surface area contributed by atoms with Gasteiger partial charge in [0.05, 0.1) is 12.0 Å². The molecule has 1 fully saturated rings. The zero-order chi connectivity index (χ0) is 23.5. The largest absolute Gasteiger partial charge is 0.327 e. The maximum absolute atomic E-state index is 13.0. The lowest BCUT2D eigenvalue weighted by Gasteiger charge is -2.30. The standard InChI is InChI=1S/C26H29N7O/c1-19-13-32(17-28-19)24-11-20(14-31-9-5-6-21(27)15-31)10-22(12-24)30-26(34)25-16-33(18-29-25)23-7-3-2-4-8-23/h2-4,7-8,10-13,16-18,21H,5-6,9,14-15,27H2,1H3,(H,30,34)/t21-/m0/s1. The number of nitrogens with zero attached hydrogens (tertiary/aromatic N) is 5. The van der Waals surface area contributed by atoms with Crippen LogP contribution in [0.4, 0.5) is 5.69 Å². The number of aromatic nitrogens is 4. The van der Waals surface area contributed by atoms with Crippen molar-refractivity contribution in [2.75, 3.05) is 18.4 Å². The minimum atomic E-state index is -0.250. The van der Waals surface area contributed by atoms with Gasteiger partial charge in [0.2, 0.25) is 0 Å². The number of aryl methyl sites for hydroxylation is 1. The molecule has 1 atom stereocenters. The Morgan fingerprint density at radius 2 is 1.85 bits per heavy atom. The van der Waals surface area contributed by atoms with Gasteiger partial charge in [0.25, 0.3) is 5.91 Å². The van der Waals surface area contributed by atoms with Gasteiger partial charge in [0.1, 0.15) is 12.0 Å². The van der Waals surface area contributed by atoms with Gasteiger partial charge in [-0.25, -0.2) is 9.97 Å². The number of likely N-dealkylation sites (tertiary alicyclic amines) is 1. The molecule has 0 bridgehead atoms. The molecule has 34 heavy (non-hydrogen) atoms. The summed E-state index contributed by atoms with van der Waals surface area (Å²) in [4.78, 5) is 24.1. The van der Waals surface area contributed by atoms with Crippen LogP contribution in [0.5, 0.6) is 0 Å². The second kappa shape index (κ2) is 9.62. The molecule has 2 aromatic heterocycles. The van der Waals surface area contributed by atoms with Crippen molar-refractivity contribution in [1.29, 1.82) is 0 Å². The molecule has 5 rings (SSSR count). The molecule has 1 saturated heterocycles. The van der Waals surface area contributed by atoms with Crippen LogP contribution in [-0.4, -0.2) is 49.0 Å². The number of benzene rings is 2. The van der Waals surface area contributed by atoms with Gasteiger partial charge in [-0.05, 0) is 62.2 Å². The van der Waals surface area contributed by atoms with E-state index >= 15 is 0 Å². The lowest BCUT2D eigenvalue weighted by molar-refractivity contribution is 0.102. The number of carbonyl (C=O) groups excluding carboxylic acids is 1. The highest BCUT2D eigenvalue weighted by atomic mass is 16.1. The van der Waals surface area contributed by atoms with E-state index in [-0.39, 0.29) is 11.9 Å². The molecular formula is C26H29N7O. The van der Waals surface area contributed by atoms with Gasteiger partial charge in [-0.1, -0.05) is 18.2 Å². The second-order valence-corrected chi connectivity index (χ2v) is 8.90. The lowest BCUT2D eigenvalue weighted by atomic mass is 10.1. The van der Waals surface area contributed by atoms with Crippen molar-refractivity contribution in [3.8, 4) is 11.4 Å². The van der Waals surface area contributed by atoms with Crippen LogP contribution in [0.15, 0.2) is 73.6 Å². The van der Waals surface area contributed by atoms with E-state index in [0.717, 1.165) is 60.8 Å². The SMILES string of the molecule is Cc1cn(-c2cc(CN3CCC[C@H](N)C3)cc(NC(=O)c3cn(-c4ccccc4)cn3)c2)cn1. The zero-order valence-electron chi connectivity index (χ0n) is 19.3. The topological polar surface area (TPSA) is 94.0 Å². The van der Waals surface area contributed by atoms with Crippen LogP contribution in [0.1, 0.15) is 34.6 Å². The van der Waals surface area contributed by atoms with Crippen LogP contribution in [0, 0.1) is 6.92 Å². The van der Waals surface area contributed by atoms with Crippen molar-refractivity contribution >= 4 is 11.6 Å². The number of nitrogens with two attached hydrogens (primary N) is 1. The van der Waals surface area contributed by atoms with Gasteiger partial charge in [0, 0.05) is 48.6 Å². The Hall–Kier alpha value is -3.75. The highest BCUT2D eigenvalue weighted by Crippen LogP contribution is 2.22. The molecule has 0 spiro atoms. The Kier molecular flexibility index (Phi) is 6.24. The van der Waals surface area contributed by atoms with Crippen LogP contribution in [0.3, 0.4) is 0 Å². The first-order chi connectivity index (χ1) is 16.5. The van der Waals surface area contributed by atoms with Crippen molar-refractivity contribution < 1.29 is 4.79 Å². The summed E-state index contributed by atoms with van der Waals surface area (Å²) in [5.74, 6) is -0.250. The van der Waals surface area contributed by atoms with E-state index in [0.29, 0.717) is 5.69 Å². The average Bonchev–Trinajstić information content (AvgIpc) is 3.49. The van der Waals surface area contributed by atoms with Crippen molar-refractivity contribution in [2.24, 2.45) is 5.73 Å². The zero-order valence-corrected chi connectivity index (χ0v) is 19.3. The molecule has 174 valence electrons. The van der Waals surface area contributed by atoms with Crippen LogP contribution < -0.4 is 11.1 Å². The van der Waals surface area contributed by atoms with E-state index in [2.05, 4.69) is 26.3 Å². The van der Waals surface area contributed by atoms with E-state index in [1.807, 2.05) is 64.7 Å². The maximum atomic E-state index is 13.0. The molecule has 0 unspecified atom stereocenters. The van der Waals surface area contributed by atoms with E-state index in [4.69, 9.17) is 5.73 Å². The van der Waals surface area contributed by atoms with Gasteiger partial charge in [0.15, 0.2) is 0 Å². The molecule has 0 radical (unpaired) electrons. The number of piperidine rings is 1. The summed E-state index contributed by atoms with van der Waals surface area (Å²) in [7, 11) is 0. The van der Waals surface area contributed by atoms with Gasteiger partial charge in [-0.2, -0.15) is 0 Å². The van der Waals surface area contributed by atoms with Crippen LogP contribution in [-0.2, 0) is 6.54 Å². The Morgan fingerprint density at radius 3 is 2.62 bits per heavy atom. The van der Waals surface area contributed by atoms with E-state index in [1.165, 1.54) is 0 Å². The Balaban J connectivity index is 1.39. The fraction of sp³-hybridized carbons (Fsp3) is 0.269. The van der Waals surface area contributed by atoms with Crippen LogP contribution in [0.2, 0.25) is 0 Å². The molecule has 1 aliphatic heterocycles. The highest BCUT2D eigenvalue weighted by molar-refractivity contribution is 6.03. The normalized spacial score (nSPS) is 16.5. The van der Waals surface area contributed by atoms with Crippen molar-refractivity contribution in [3.05, 3.63) is 90.5 Å². The second-order valence-electron chi connectivity index (χ2n) is 8.90. The highest BCUT2D eigenvalue weighted by Gasteiger charge is 2.18. The van der Waals surface area contributed by atoms with E-state index < -0.39 is 0 Å². The molecule has 8 heteroatoms. The molecular weight excluding hydrogens is 426 g/mol. The first-order valence-corrected chi connectivity index (χ1v) is 11.6. The summed E-state index contributed by atoms with van der Waals surface area (Å²) in [5.41, 5.74) is 11.2. The van der Waals surface area contributed by atoms with Gasteiger partial charge in [-0.3, -0.25) is 9.69 Å². The number of imidazole rings is 2. The fourth-order valence-corrected chi connectivity index (χ4v) is 4.42. The number of carbonyl (C=O) groups is 1. The molecule has 4 aromatic rings. The minimum Gasteiger partial charge on any atom is -0.327 e. The van der Waals surface area contributed by atoms with Gasteiger partial charge in [-0.15, -0.1) is 0 Å². The van der Waals surface area contributed by atoms with Crippen molar-refractivity contribution in [1.82, 2.24) is 24.0 Å². The predicted octanol–water partition coefficient (Wildman–Crippen LogP) is 3.54. The summed E-state index contributed by atoms with van der Waals surface area (Å²) in [5, 5.41) is 3.03. The molecule has 0 aliphatic carbocycles. The van der Waals surface area contributed by atoms with Gasteiger partial charge < -0.3 is 20.2 Å². The minimum absolute atomic E-state index is 0.215. The Labute approximate surface area is 199 Å². The third-order valence-electron chi connectivity index (χ3n) is 6.06. The Bertz CT molecular complexity index is 1280. The summed E-state index contributed by atoms with van der Waals surface area (Å²) in [6.45, 7) is 4.65. The van der Waals surface area contributed by atoms with Crippen molar-refractivity contribution in [3.63, 3.8) is 0 Å². The third kappa shape index (κ3) is 5.08. The molecule has 8 nitrogen and oxygen atoms in total. The number of anilines is 1. The molecule has 3 N–H and O–H groups in total. The van der Waals surface area contributed by atoms with Gasteiger partial charge >= 0.3 is 0 Å². The molecule has 1 aliphatic rings. The lowest BCUT2D eigenvalue weighted by Crippen LogP contribution is -2.42. The summed E-state index contributed by atoms with van der Waals surface area (Å²) in [6, 6.07) is 16.1. The van der Waals surface area contributed by atoms with E-state index in [9.17, 15) is 4.79 Å².